The number of hydrogen-bond acceptors (Lipinski definition) is 4. The summed E-state index contributed by atoms with van der Waals surface area (Å²) in [4.78, 5) is 30.1. The fourth-order valence-electron chi connectivity index (χ4n) is 5.99. The van der Waals surface area contributed by atoms with Gasteiger partial charge in [-0.2, -0.15) is 0 Å². The minimum Gasteiger partial charge on any atom is -0.324 e. The van der Waals surface area contributed by atoms with Gasteiger partial charge in [0, 0.05) is 39.9 Å². The Balaban J connectivity index is 1.53. The number of anilines is 1. The van der Waals surface area contributed by atoms with Gasteiger partial charge in [0.2, 0.25) is 5.91 Å². The second-order valence-electron chi connectivity index (χ2n) is 9.29. The number of allylic oxidation sites excluding steroid dienone is 1. The van der Waals surface area contributed by atoms with Crippen molar-refractivity contribution in [2.24, 2.45) is 5.92 Å². The zero-order valence-electron chi connectivity index (χ0n) is 19.0. The van der Waals surface area contributed by atoms with Crippen molar-refractivity contribution in [3.8, 4) is 0 Å². The van der Waals surface area contributed by atoms with Crippen LogP contribution in [-0.4, -0.2) is 34.3 Å². The van der Waals surface area contributed by atoms with E-state index in [0.29, 0.717) is 27.7 Å². The Labute approximate surface area is 216 Å². The minimum atomic E-state index is -1.25. The summed E-state index contributed by atoms with van der Waals surface area (Å²) in [7, 11) is 0. The smallest absolute Gasteiger partial charge is 0.250 e. The quantitative estimate of drug-likeness (QED) is 0.438. The van der Waals surface area contributed by atoms with Crippen LogP contribution in [0.2, 0.25) is 5.02 Å². The average Bonchev–Trinajstić information content (AvgIpc) is 3.53. The molecular formula is C28H21ClF2N2O2S. The number of ketones is 1. The Morgan fingerprint density at radius 2 is 1.75 bits per heavy atom. The molecule has 1 amide bonds. The number of fused-ring (bicyclic) bond motifs is 4. The van der Waals surface area contributed by atoms with Crippen LogP contribution in [-0.2, 0) is 15.1 Å². The highest BCUT2D eigenvalue weighted by atomic mass is 35.5. The summed E-state index contributed by atoms with van der Waals surface area (Å²) in [5, 5.41) is 3.47. The summed E-state index contributed by atoms with van der Waals surface area (Å²) in [6, 6.07) is 17.2. The Hall–Kier alpha value is -3.00. The number of halogens is 3. The third-order valence-corrected chi connectivity index (χ3v) is 8.73. The second kappa shape index (κ2) is 8.83. The average molecular weight is 523 g/mol. The maximum Gasteiger partial charge on any atom is 0.250 e. The van der Waals surface area contributed by atoms with E-state index in [1.54, 1.807) is 60.3 Å². The van der Waals surface area contributed by atoms with Crippen LogP contribution in [0.5, 0.6) is 0 Å². The SMILES string of the molecule is O=C(/C=C/c1ccc(F)cc1)[C@H]1[C@H](c2ccc(F)cc2)[C@H]2CSCN2[C@]12C(=O)Nc1ccc(Cl)cc12. The zero-order chi connectivity index (χ0) is 25.0. The van der Waals surface area contributed by atoms with Gasteiger partial charge in [0.15, 0.2) is 5.78 Å². The molecule has 0 saturated carbocycles. The Morgan fingerprint density at radius 1 is 1.06 bits per heavy atom. The number of carbonyl (C=O) groups is 2. The van der Waals surface area contributed by atoms with Gasteiger partial charge in [-0.1, -0.05) is 41.9 Å². The number of carbonyl (C=O) groups excluding carboxylic acids is 2. The molecular weight excluding hydrogens is 502 g/mol. The molecule has 0 radical (unpaired) electrons. The number of amides is 1. The number of nitrogens with zero attached hydrogens (tertiary/aromatic N) is 1. The van der Waals surface area contributed by atoms with Gasteiger partial charge in [0.05, 0.1) is 5.92 Å². The first-order chi connectivity index (χ1) is 17.4. The number of benzene rings is 3. The van der Waals surface area contributed by atoms with E-state index in [1.807, 2.05) is 0 Å². The predicted molar refractivity (Wildman–Crippen MR) is 138 cm³/mol. The first-order valence-corrected chi connectivity index (χ1v) is 13.1. The Morgan fingerprint density at radius 3 is 2.47 bits per heavy atom. The standard InChI is InChI=1S/C28H21ClF2N2O2S/c29-18-6-11-22-21(13-18)28(27(35)32-22)26(24(34)12-3-16-1-7-19(30)8-2-16)25(23-14-36-15-33(23)28)17-4-9-20(31)10-5-17/h1-13,23,25-26H,14-15H2,(H,32,35)/b12-3+/t23-,25-,26+,28+/m1/s1. The molecule has 3 aliphatic rings. The summed E-state index contributed by atoms with van der Waals surface area (Å²) >= 11 is 8.10. The molecule has 2 fully saturated rings. The van der Waals surface area contributed by atoms with Crippen LogP contribution in [0.25, 0.3) is 6.08 Å². The third-order valence-electron chi connectivity index (χ3n) is 7.45. The van der Waals surface area contributed by atoms with E-state index in [0.717, 1.165) is 11.3 Å². The van der Waals surface area contributed by atoms with E-state index in [4.69, 9.17) is 11.6 Å². The van der Waals surface area contributed by atoms with Gasteiger partial charge in [-0.3, -0.25) is 14.5 Å². The lowest BCUT2D eigenvalue weighted by atomic mass is 9.70. The van der Waals surface area contributed by atoms with Crippen LogP contribution in [0.3, 0.4) is 0 Å². The number of nitrogens with one attached hydrogen (secondary N) is 1. The van der Waals surface area contributed by atoms with Gasteiger partial charge in [0.1, 0.15) is 17.2 Å². The van der Waals surface area contributed by atoms with Crippen molar-refractivity contribution in [1.29, 1.82) is 0 Å². The van der Waals surface area contributed by atoms with Crippen LogP contribution in [0.1, 0.15) is 22.6 Å². The maximum absolute atomic E-state index is 14.1. The molecule has 0 unspecified atom stereocenters. The second-order valence-corrected chi connectivity index (χ2v) is 10.7. The molecule has 1 spiro atoms. The molecule has 4 nitrogen and oxygen atoms in total. The first-order valence-electron chi connectivity index (χ1n) is 11.6. The lowest BCUT2D eigenvalue weighted by Gasteiger charge is -2.36. The predicted octanol–water partition coefficient (Wildman–Crippen LogP) is 5.84. The van der Waals surface area contributed by atoms with E-state index in [1.165, 1.54) is 30.3 Å². The molecule has 4 atom stereocenters. The topological polar surface area (TPSA) is 49.4 Å². The van der Waals surface area contributed by atoms with Crippen LogP contribution in [0.15, 0.2) is 72.8 Å². The zero-order valence-corrected chi connectivity index (χ0v) is 20.5. The first kappa shape index (κ1) is 23.4. The summed E-state index contributed by atoms with van der Waals surface area (Å²) in [6.45, 7) is 0. The van der Waals surface area contributed by atoms with E-state index in [-0.39, 0.29) is 35.3 Å². The van der Waals surface area contributed by atoms with Crippen molar-refractivity contribution in [2.45, 2.75) is 17.5 Å². The summed E-state index contributed by atoms with van der Waals surface area (Å²) in [6.07, 6.45) is 3.11. The summed E-state index contributed by atoms with van der Waals surface area (Å²) in [5.41, 5.74) is 1.55. The highest BCUT2D eigenvalue weighted by Crippen LogP contribution is 2.61. The molecule has 8 heteroatoms. The van der Waals surface area contributed by atoms with Crippen molar-refractivity contribution < 1.29 is 18.4 Å². The normalized spacial score (nSPS) is 27.0. The highest BCUT2D eigenvalue weighted by Gasteiger charge is 2.69. The molecule has 1 N–H and O–H groups in total. The van der Waals surface area contributed by atoms with E-state index in [9.17, 15) is 18.4 Å². The van der Waals surface area contributed by atoms with Crippen molar-refractivity contribution in [2.75, 3.05) is 16.9 Å². The number of hydrogen-bond donors (Lipinski definition) is 1. The van der Waals surface area contributed by atoms with Crippen molar-refractivity contribution in [3.63, 3.8) is 0 Å². The molecule has 3 heterocycles. The lowest BCUT2D eigenvalue weighted by Crippen LogP contribution is -2.52. The molecule has 6 rings (SSSR count). The lowest BCUT2D eigenvalue weighted by molar-refractivity contribution is -0.134. The van der Waals surface area contributed by atoms with E-state index in [2.05, 4.69) is 10.2 Å². The summed E-state index contributed by atoms with van der Waals surface area (Å²) in [5.74, 6) is -1.02. The molecule has 182 valence electrons. The van der Waals surface area contributed by atoms with Crippen LogP contribution < -0.4 is 5.32 Å². The summed E-state index contributed by atoms with van der Waals surface area (Å²) < 4.78 is 27.2. The molecule has 0 aliphatic carbocycles. The highest BCUT2D eigenvalue weighted by molar-refractivity contribution is 7.99. The van der Waals surface area contributed by atoms with Gasteiger partial charge in [-0.05, 0) is 59.7 Å². The number of rotatable bonds is 4. The monoisotopic (exact) mass is 522 g/mol. The Kier molecular flexibility index (Phi) is 5.74. The molecule has 3 aliphatic heterocycles. The van der Waals surface area contributed by atoms with Gasteiger partial charge < -0.3 is 5.32 Å². The van der Waals surface area contributed by atoms with Crippen molar-refractivity contribution >= 4 is 46.8 Å². The van der Waals surface area contributed by atoms with Crippen LogP contribution >= 0.6 is 23.4 Å². The van der Waals surface area contributed by atoms with Crippen molar-refractivity contribution in [3.05, 3.63) is 106 Å². The molecule has 0 aromatic heterocycles. The molecule has 2 saturated heterocycles. The van der Waals surface area contributed by atoms with Crippen molar-refractivity contribution in [1.82, 2.24) is 4.90 Å². The minimum absolute atomic E-state index is 0.107. The van der Waals surface area contributed by atoms with E-state index < -0.39 is 11.5 Å². The fraction of sp³-hybridized carbons (Fsp3) is 0.214. The molecule has 3 aromatic rings. The number of thioether (sulfide) groups is 1. The third kappa shape index (κ3) is 3.52. The fourth-order valence-corrected chi connectivity index (χ4v) is 7.49. The van der Waals surface area contributed by atoms with Gasteiger partial charge in [-0.25, -0.2) is 8.78 Å². The maximum atomic E-state index is 14.1. The molecule has 3 aromatic carbocycles. The van der Waals surface area contributed by atoms with Gasteiger partial charge in [0.25, 0.3) is 0 Å². The molecule has 36 heavy (non-hydrogen) atoms. The van der Waals surface area contributed by atoms with Crippen LogP contribution in [0, 0.1) is 17.6 Å². The Bertz CT molecular complexity index is 1400. The van der Waals surface area contributed by atoms with Crippen LogP contribution in [0.4, 0.5) is 14.5 Å². The van der Waals surface area contributed by atoms with Gasteiger partial charge >= 0.3 is 0 Å². The molecule has 0 bridgehead atoms. The largest absolute Gasteiger partial charge is 0.324 e. The van der Waals surface area contributed by atoms with Gasteiger partial charge in [-0.15, -0.1) is 11.8 Å². The van der Waals surface area contributed by atoms with E-state index >= 15 is 0 Å².